The first-order chi connectivity index (χ1) is 10.4. The molecule has 114 valence electrons. The lowest BCUT2D eigenvalue weighted by atomic mass is 10.1. The quantitative estimate of drug-likeness (QED) is 0.763. The van der Waals surface area contributed by atoms with Crippen LogP contribution in [0.15, 0.2) is 23.6 Å². The van der Waals surface area contributed by atoms with E-state index in [1.807, 2.05) is 37.4 Å². The van der Waals surface area contributed by atoms with Gasteiger partial charge < -0.3 is 10.4 Å². The van der Waals surface area contributed by atoms with Crippen molar-refractivity contribution in [2.45, 2.75) is 26.4 Å². The number of thiazole rings is 1. The Morgan fingerprint density at radius 3 is 2.59 bits per heavy atom. The van der Waals surface area contributed by atoms with E-state index >= 15 is 0 Å². The number of pyridine rings is 1. The molecule has 1 atom stereocenters. The largest absolute Gasteiger partial charge is 0.376 e. The lowest BCUT2D eigenvalue weighted by Gasteiger charge is -2.16. The zero-order valence-corrected chi connectivity index (χ0v) is 14.0. The van der Waals surface area contributed by atoms with Gasteiger partial charge in [0.05, 0.1) is 0 Å². The fraction of sp³-hybridized carbons (Fsp3) is 0.286. The van der Waals surface area contributed by atoms with Crippen LogP contribution in [-0.4, -0.2) is 25.3 Å². The first kappa shape index (κ1) is 15.0. The predicted octanol–water partition coefficient (Wildman–Crippen LogP) is 3.01. The Morgan fingerprint density at radius 1 is 1.09 bits per heavy atom. The number of aliphatic hydroxyl groups is 1. The molecule has 0 fully saturated rings. The summed E-state index contributed by atoms with van der Waals surface area (Å²) in [6.45, 7) is 5.50. The Balaban J connectivity index is 1.84. The smallest absolute Gasteiger partial charge is 0.211 e. The van der Waals surface area contributed by atoms with Crippen LogP contribution < -0.4 is 5.32 Å². The molecule has 2 N–H and O–H groups in total. The van der Waals surface area contributed by atoms with Crippen LogP contribution in [0.4, 0.5) is 10.9 Å². The molecule has 3 aromatic heterocycles. The third-order valence-corrected chi connectivity index (χ3v) is 5.22. The highest BCUT2D eigenvalue weighted by Gasteiger charge is 2.33. The molecule has 0 amide bonds. The van der Waals surface area contributed by atoms with Crippen LogP contribution in [0, 0.1) is 13.8 Å². The number of hydrogen-bond donors (Lipinski definition) is 2. The maximum absolute atomic E-state index is 10.7. The minimum Gasteiger partial charge on any atom is -0.376 e. The van der Waals surface area contributed by atoms with Crippen molar-refractivity contribution in [2.24, 2.45) is 0 Å². The van der Waals surface area contributed by atoms with Gasteiger partial charge in [0.15, 0.2) is 10.6 Å². The molecule has 0 aliphatic heterocycles. The molecule has 0 bridgehead atoms. The second-order valence-electron chi connectivity index (χ2n) is 5.07. The Labute approximate surface area is 135 Å². The van der Waals surface area contributed by atoms with E-state index in [2.05, 4.69) is 25.5 Å². The number of rotatable bonds is 4. The monoisotopic (exact) mass is 333 g/mol. The fourth-order valence-corrected chi connectivity index (χ4v) is 3.58. The summed E-state index contributed by atoms with van der Waals surface area (Å²) < 4.78 is 0. The van der Waals surface area contributed by atoms with Crippen molar-refractivity contribution in [1.82, 2.24) is 20.2 Å². The zero-order valence-electron chi connectivity index (χ0n) is 12.4. The van der Waals surface area contributed by atoms with Gasteiger partial charge in [0.25, 0.3) is 0 Å². The van der Waals surface area contributed by atoms with E-state index in [0.717, 1.165) is 11.4 Å². The van der Waals surface area contributed by atoms with Crippen LogP contribution in [0.3, 0.4) is 0 Å². The summed E-state index contributed by atoms with van der Waals surface area (Å²) in [5, 5.41) is 25.6. The van der Waals surface area contributed by atoms with E-state index in [-0.39, 0.29) is 0 Å². The van der Waals surface area contributed by atoms with Gasteiger partial charge in [-0.15, -0.1) is 21.5 Å². The van der Waals surface area contributed by atoms with E-state index in [0.29, 0.717) is 21.0 Å². The van der Waals surface area contributed by atoms with E-state index in [1.54, 1.807) is 6.92 Å². The summed E-state index contributed by atoms with van der Waals surface area (Å²) in [6, 6.07) is 5.70. The van der Waals surface area contributed by atoms with E-state index in [9.17, 15) is 5.11 Å². The van der Waals surface area contributed by atoms with E-state index < -0.39 is 5.60 Å². The number of nitrogens with zero attached hydrogens (tertiary/aromatic N) is 4. The van der Waals surface area contributed by atoms with Crippen LogP contribution >= 0.6 is 22.7 Å². The van der Waals surface area contributed by atoms with Crippen molar-refractivity contribution in [1.29, 1.82) is 0 Å². The molecule has 8 heteroatoms. The van der Waals surface area contributed by atoms with Crippen molar-refractivity contribution in [3.8, 4) is 0 Å². The second-order valence-corrected chi connectivity index (χ2v) is 6.90. The fourth-order valence-electron chi connectivity index (χ4n) is 1.86. The van der Waals surface area contributed by atoms with Crippen molar-refractivity contribution in [3.05, 3.63) is 45.0 Å². The highest BCUT2D eigenvalue weighted by molar-refractivity contribution is 7.15. The average molecular weight is 333 g/mol. The SMILES string of the molecule is Cc1cccc(Nc2nnc(C(C)(O)c3nc(C)cs3)s2)n1. The first-order valence-corrected chi connectivity index (χ1v) is 8.34. The normalized spacial score (nSPS) is 13.8. The van der Waals surface area contributed by atoms with Gasteiger partial charge in [-0.05, 0) is 32.9 Å². The van der Waals surface area contributed by atoms with Crippen LogP contribution in [-0.2, 0) is 5.60 Å². The van der Waals surface area contributed by atoms with Gasteiger partial charge in [0.1, 0.15) is 10.8 Å². The third kappa shape index (κ3) is 2.99. The molecule has 0 radical (unpaired) electrons. The van der Waals surface area contributed by atoms with E-state index in [4.69, 9.17) is 0 Å². The lowest BCUT2D eigenvalue weighted by Crippen LogP contribution is -2.22. The number of anilines is 2. The standard InChI is InChI=1S/C14H15N5OS2/c1-8-5-4-6-10(15-8)17-13-19-18-12(22-13)14(3,20)11-16-9(2)7-21-11/h4-7,20H,1-3H3,(H,15,17,19). The molecule has 1 unspecified atom stereocenters. The number of nitrogens with one attached hydrogen (secondary N) is 1. The molecular weight excluding hydrogens is 318 g/mol. The summed E-state index contributed by atoms with van der Waals surface area (Å²) >= 11 is 2.70. The Bertz CT molecular complexity index is 796. The molecule has 3 rings (SSSR count). The Hall–Kier alpha value is -1.90. The number of aromatic nitrogens is 4. The molecule has 3 heterocycles. The third-order valence-electron chi connectivity index (χ3n) is 3.00. The van der Waals surface area contributed by atoms with Gasteiger partial charge >= 0.3 is 0 Å². The first-order valence-electron chi connectivity index (χ1n) is 6.65. The topological polar surface area (TPSA) is 83.8 Å². The minimum atomic E-state index is -1.24. The second kappa shape index (κ2) is 5.71. The zero-order chi connectivity index (χ0) is 15.7. The predicted molar refractivity (Wildman–Crippen MR) is 87.7 cm³/mol. The maximum atomic E-state index is 10.7. The van der Waals surface area contributed by atoms with Gasteiger partial charge in [-0.25, -0.2) is 9.97 Å². The molecule has 0 saturated carbocycles. The van der Waals surface area contributed by atoms with Crippen LogP contribution in [0.1, 0.15) is 28.3 Å². The van der Waals surface area contributed by atoms with Gasteiger partial charge in [0, 0.05) is 16.8 Å². The van der Waals surface area contributed by atoms with Crippen LogP contribution in [0.2, 0.25) is 0 Å². The average Bonchev–Trinajstić information content (AvgIpc) is 3.08. The summed E-state index contributed by atoms with van der Waals surface area (Å²) in [5.74, 6) is 0.701. The Morgan fingerprint density at radius 2 is 1.91 bits per heavy atom. The van der Waals surface area contributed by atoms with Crippen molar-refractivity contribution in [3.63, 3.8) is 0 Å². The van der Waals surface area contributed by atoms with Crippen molar-refractivity contribution >= 4 is 33.6 Å². The van der Waals surface area contributed by atoms with Crippen LogP contribution in [0.5, 0.6) is 0 Å². The van der Waals surface area contributed by atoms with Crippen LogP contribution in [0.25, 0.3) is 0 Å². The molecule has 3 aromatic rings. The summed E-state index contributed by atoms with van der Waals surface area (Å²) in [7, 11) is 0. The summed E-state index contributed by atoms with van der Waals surface area (Å²) in [4.78, 5) is 8.69. The van der Waals surface area contributed by atoms with Gasteiger partial charge in [-0.3, -0.25) is 0 Å². The Kier molecular flexibility index (Phi) is 3.90. The lowest BCUT2D eigenvalue weighted by molar-refractivity contribution is 0.101. The molecule has 22 heavy (non-hydrogen) atoms. The van der Waals surface area contributed by atoms with Gasteiger partial charge in [-0.1, -0.05) is 17.4 Å². The summed E-state index contributed by atoms with van der Waals surface area (Å²) in [6.07, 6.45) is 0. The molecule has 0 saturated heterocycles. The maximum Gasteiger partial charge on any atom is 0.211 e. The number of hydrogen-bond acceptors (Lipinski definition) is 8. The van der Waals surface area contributed by atoms with E-state index in [1.165, 1.54) is 22.7 Å². The minimum absolute atomic E-state index is 0.497. The molecule has 0 aliphatic carbocycles. The molecule has 0 aliphatic rings. The molecular formula is C14H15N5OS2. The molecule has 0 aromatic carbocycles. The highest BCUT2D eigenvalue weighted by atomic mass is 32.1. The molecule has 6 nitrogen and oxygen atoms in total. The number of aryl methyl sites for hydroxylation is 2. The summed E-state index contributed by atoms with van der Waals surface area (Å²) in [5.41, 5.74) is 0.559. The van der Waals surface area contributed by atoms with Crippen molar-refractivity contribution < 1.29 is 5.11 Å². The molecule has 0 spiro atoms. The van der Waals surface area contributed by atoms with Gasteiger partial charge in [0.2, 0.25) is 5.13 Å². The van der Waals surface area contributed by atoms with Crippen molar-refractivity contribution in [2.75, 3.05) is 5.32 Å². The van der Waals surface area contributed by atoms with Gasteiger partial charge in [-0.2, -0.15) is 0 Å². The highest BCUT2D eigenvalue weighted by Crippen LogP contribution is 2.34.